The van der Waals surface area contributed by atoms with Crippen LogP contribution in [-0.2, 0) is 0 Å². The topological polar surface area (TPSA) is 79.2 Å². The summed E-state index contributed by atoms with van der Waals surface area (Å²) in [5.74, 6) is -1.33. The summed E-state index contributed by atoms with van der Waals surface area (Å²) in [6, 6.07) is 0.969. The van der Waals surface area contributed by atoms with E-state index in [4.69, 9.17) is 14.6 Å². The highest BCUT2D eigenvalue weighted by Crippen LogP contribution is 2.48. The highest BCUT2D eigenvalue weighted by Gasteiger charge is 2.18. The third-order valence-corrected chi connectivity index (χ3v) is 1.58. The number of methoxy groups -OCH3 is 2. The van der Waals surface area contributed by atoms with Gasteiger partial charge < -0.3 is 24.8 Å². The molecule has 0 radical (unpaired) electrons. The van der Waals surface area contributed by atoms with Crippen molar-refractivity contribution >= 4 is 0 Å². The van der Waals surface area contributed by atoms with Crippen molar-refractivity contribution in [3.63, 3.8) is 0 Å². The quantitative estimate of drug-likeness (QED) is 0.470. The Bertz CT molecular complexity index is 321. The molecule has 1 aromatic rings. The summed E-state index contributed by atoms with van der Waals surface area (Å²) in [7, 11) is 2.60. The van der Waals surface area contributed by atoms with Gasteiger partial charge >= 0.3 is 0 Å². The molecule has 0 heterocycles. The maximum atomic E-state index is 9.27. The normalized spacial score (nSPS) is 9.69. The lowest BCUT2D eigenvalue weighted by Crippen LogP contribution is -1.91. The van der Waals surface area contributed by atoms with Crippen LogP contribution in [-0.4, -0.2) is 29.5 Å². The first kappa shape index (κ1) is 9.31. The van der Waals surface area contributed by atoms with E-state index in [0.29, 0.717) is 0 Å². The van der Waals surface area contributed by atoms with Gasteiger partial charge in [-0.2, -0.15) is 0 Å². The Balaban J connectivity index is 3.41. The molecular weight excluding hydrogens is 176 g/mol. The summed E-state index contributed by atoms with van der Waals surface area (Å²) in [4.78, 5) is 0. The minimum Gasteiger partial charge on any atom is -0.504 e. The van der Waals surface area contributed by atoms with E-state index in [1.165, 1.54) is 14.2 Å². The van der Waals surface area contributed by atoms with Crippen LogP contribution in [0.2, 0.25) is 0 Å². The minimum absolute atomic E-state index is 0.0159. The van der Waals surface area contributed by atoms with E-state index in [0.717, 1.165) is 6.07 Å². The monoisotopic (exact) mass is 186 g/mol. The van der Waals surface area contributed by atoms with Gasteiger partial charge in [-0.05, 0) is 0 Å². The van der Waals surface area contributed by atoms with Gasteiger partial charge in [0, 0.05) is 6.07 Å². The van der Waals surface area contributed by atoms with E-state index < -0.39 is 11.5 Å². The van der Waals surface area contributed by atoms with Crippen molar-refractivity contribution in [2.75, 3.05) is 14.2 Å². The fourth-order valence-electron chi connectivity index (χ4n) is 0.990. The molecule has 0 aliphatic rings. The van der Waals surface area contributed by atoms with Gasteiger partial charge in [0.15, 0.2) is 11.5 Å². The van der Waals surface area contributed by atoms with Crippen molar-refractivity contribution in [3.8, 4) is 28.7 Å². The van der Waals surface area contributed by atoms with E-state index in [1.54, 1.807) is 0 Å². The first-order valence-corrected chi connectivity index (χ1v) is 3.47. The van der Waals surface area contributed by atoms with Crippen LogP contribution in [0.25, 0.3) is 0 Å². The zero-order chi connectivity index (χ0) is 10.0. The number of aromatic hydroxyl groups is 3. The second kappa shape index (κ2) is 3.30. The third-order valence-electron chi connectivity index (χ3n) is 1.58. The first-order valence-electron chi connectivity index (χ1n) is 3.47. The van der Waals surface area contributed by atoms with Crippen molar-refractivity contribution < 1.29 is 24.8 Å². The Morgan fingerprint density at radius 1 is 0.923 bits per heavy atom. The SMILES string of the molecule is COc1c(O)cc(O)c(O)c1OC. The van der Waals surface area contributed by atoms with Gasteiger partial charge in [0.1, 0.15) is 0 Å². The van der Waals surface area contributed by atoms with Crippen LogP contribution in [0.3, 0.4) is 0 Å². The third kappa shape index (κ3) is 1.40. The summed E-state index contributed by atoms with van der Waals surface area (Å²) in [5, 5.41) is 27.6. The van der Waals surface area contributed by atoms with Crippen LogP contribution < -0.4 is 9.47 Å². The molecule has 72 valence electrons. The Morgan fingerprint density at radius 2 is 1.46 bits per heavy atom. The lowest BCUT2D eigenvalue weighted by Gasteiger charge is -2.11. The number of phenolic OH excluding ortho intramolecular Hbond substituents is 3. The standard InChI is InChI=1S/C8H10O5/c1-12-7-5(10)3-4(9)6(11)8(7)13-2/h3,9-11H,1-2H3. The van der Waals surface area contributed by atoms with E-state index >= 15 is 0 Å². The Hall–Kier alpha value is -1.78. The number of phenols is 3. The highest BCUT2D eigenvalue weighted by molar-refractivity contribution is 5.63. The summed E-state index contributed by atoms with van der Waals surface area (Å²) >= 11 is 0. The molecule has 0 aliphatic heterocycles. The summed E-state index contributed by atoms with van der Waals surface area (Å²) in [6.07, 6.45) is 0. The zero-order valence-corrected chi connectivity index (χ0v) is 7.24. The second-order valence-electron chi connectivity index (χ2n) is 2.33. The largest absolute Gasteiger partial charge is 0.504 e. The van der Waals surface area contributed by atoms with E-state index in [2.05, 4.69) is 0 Å². The highest BCUT2D eigenvalue weighted by atomic mass is 16.5. The fraction of sp³-hybridized carbons (Fsp3) is 0.250. The molecule has 0 fully saturated rings. The number of benzene rings is 1. The maximum absolute atomic E-state index is 9.27. The summed E-state index contributed by atoms with van der Waals surface area (Å²) in [6.45, 7) is 0. The van der Waals surface area contributed by atoms with Crippen molar-refractivity contribution in [1.82, 2.24) is 0 Å². The number of hydrogen-bond donors (Lipinski definition) is 3. The van der Waals surface area contributed by atoms with Crippen molar-refractivity contribution in [3.05, 3.63) is 6.07 Å². The fourth-order valence-corrected chi connectivity index (χ4v) is 0.990. The molecule has 0 bridgehead atoms. The number of ether oxygens (including phenoxy) is 2. The molecule has 0 aromatic heterocycles. The van der Waals surface area contributed by atoms with Gasteiger partial charge in [0.25, 0.3) is 0 Å². The van der Waals surface area contributed by atoms with Crippen molar-refractivity contribution in [1.29, 1.82) is 0 Å². The second-order valence-corrected chi connectivity index (χ2v) is 2.33. The molecule has 13 heavy (non-hydrogen) atoms. The first-order chi connectivity index (χ1) is 6.11. The van der Waals surface area contributed by atoms with E-state index in [1.807, 2.05) is 0 Å². The lowest BCUT2D eigenvalue weighted by molar-refractivity contribution is 0.306. The Kier molecular flexibility index (Phi) is 2.36. The van der Waals surface area contributed by atoms with Gasteiger partial charge in [0.05, 0.1) is 14.2 Å². The molecule has 0 unspecified atom stereocenters. The minimum atomic E-state index is -0.463. The molecule has 0 amide bonds. The molecule has 3 N–H and O–H groups in total. The lowest BCUT2D eigenvalue weighted by atomic mass is 10.2. The molecule has 0 atom stereocenters. The predicted octanol–water partition coefficient (Wildman–Crippen LogP) is 0.821. The average Bonchev–Trinajstić information content (AvgIpc) is 2.10. The van der Waals surface area contributed by atoms with Crippen LogP contribution in [0.1, 0.15) is 0 Å². The van der Waals surface area contributed by atoms with Crippen molar-refractivity contribution in [2.45, 2.75) is 0 Å². The molecule has 1 aromatic carbocycles. The maximum Gasteiger partial charge on any atom is 0.210 e. The molecule has 0 aliphatic carbocycles. The molecule has 0 saturated carbocycles. The van der Waals surface area contributed by atoms with Crippen LogP contribution in [0.4, 0.5) is 0 Å². The van der Waals surface area contributed by atoms with Crippen molar-refractivity contribution in [2.24, 2.45) is 0 Å². The van der Waals surface area contributed by atoms with Crippen LogP contribution in [0, 0.1) is 0 Å². The smallest absolute Gasteiger partial charge is 0.210 e. The molecular formula is C8H10O5. The Morgan fingerprint density at radius 3 is 1.92 bits per heavy atom. The molecule has 0 saturated heterocycles. The van der Waals surface area contributed by atoms with Gasteiger partial charge in [0.2, 0.25) is 17.2 Å². The number of rotatable bonds is 2. The van der Waals surface area contributed by atoms with Gasteiger partial charge in [-0.15, -0.1) is 0 Å². The molecule has 1 rings (SSSR count). The predicted molar refractivity (Wildman–Crippen MR) is 44.5 cm³/mol. The van der Waals surface area contributed by atoms with Crippen LogP contribution in [0.15, 0.2) is 6.07 Å². The van der Waals surface area contributed by atoms with Gasteiger partial charge in [-0.25, -0.2) is 0 Å². The van der Waals surface area contributed by atoms with Gasteiger partial charge in [-0.1, -0.05) is 0 Å². The van der Waals surface area contributed by atoms with Gasteiger partial charge in [-0.3, -0.25) is 0 Å². The molecule has 5 nitrogen and oxygen atoms in total. The molecule has 5 heteroatoms. The number of hydrogen-bond acceptors (Lipinski definition) is 5. The zero-order valence-electron chi connectivity index (χ0n) is 7.24. The van der Waals surface area contributed by atoms with Crippen LogP contribution in [0.5, 0.6) is 28.7 Å². The summed E-state index contributed by atoms with van der Waals surface area (Å²) in [5.41, 5.74) is 0. The average molecular weight is 186 g/mol. The summed E-state index contributed by atoms with van der Waals surface area (Å²) < 4.78 is 9.49. The van der Waals surface area contributed by atoms with Crippen LogP contribution >= 0.6 is 0 Å². The van der Waals surface area contributed by atoms with E-state index in [9.17, 15) is 10.2 Å². The molecule has 0 spiro atoms. The van der Waals surface area contributed by atoms with E-state index in [-0.39, 0.29) is 17.2 Å². The Labute approximate surface area is 74.8 Å².